The van der Waals surface area contributed by atoms with Gasteiger partial charge in [0.2, 0.25) is 11.5 Å². The number of anilines is 3. The molecule has 2 aliphatic rings. The Balaban J connectivity index is 0.00000891. The Bertz CT molecular complexity index is 4320. The van der Waals surface area contributed by atoms with Crippen LogP contribution in [0.3, 0.4) is 0 Å². The van der Waals surface area contributed by atoms with Crippen molar-refractivity contribution < 1.29 is 47.9 Å². The maximum absolute atomic E-state index is 6.07. The molecule has 8 bridgehead atoms. The Morgan fingerprint density at radius 3 is 1.23 bits per heavy atom. The molecule has 0 aliphatic carbocycles. The molecular formula is C78H79N5O6Zn. The van der Waals surface area contributed by atoms with Crippen molar-refractivity contribution >= 4 is 73.6 Å². The summed E-state index contributed by atoms with van der Waals surface area (Å²) in [5, 5.41) is 0. The van der Waals surface area contributed by atoms with Crippen LogP contribution in [0.25, 0.3) is 89.9 Å². The molecule has 11 rings (SSSR count). The summed E-state index contributed by atoms with van der Waals surface area (Å²) >= 11 is 0. The first-order valence-electron chi connectivity index (χ1n) is 30.7. The molecule has 2 aliphatic heterocycles. The van der Waals surface area contributed by atoms with E-state index in [1.807, 2.05) is 24.3 Å². The Hall–Kier alpha value is -9.12. The predicted octanol–water partition coefficient (Wildman–Crippen LogP) is 19.3. The smallest absolute Gasteiger partial charge is 0.657 e. The van der Waals surface area contributed by atoms with Crippen molar-refractivity contribution in [1.29, 1.82) is 0 Å². The number of fused-ring (bicyclic) bond motifs is 8. The van der Waals surface area contributed by atoms with Gasteiger partial charge in [0.1, 0.15) is 0 Å². The molecule has 90 heavy (non-hydrogen) atoms. The fourth-order valence-corrected chi connectivity index (χ4v) is 13.0. The molecule has 6 aromatic carbocycles. The van der Waals surface area contributed by atoms with Crippen molar-refractivity contribution in [3.8, 4) is 67.9 Å². The van der Waals surface area contributed by atoms with Gasteiger partial charge in [0.05, 0.1) is 65.4 Å². The second kappa shape index (κ2) is 26.9. The first kappa shape index (κ1) is 63.9. The molecule has 12 heteroatoms. The second-order valence-electron chi connectivity index (χ2n) is 22.8. The Kier molecular flexibility index (Phi) is 19.1. The zero-order valence-corrected chi connectivity index (χ0v) is 58.0. The van der Waals surface area contributed by atoms with Gasteiger partial charge in [-0.15, -0.1) is 22.1 Å². The van der Waals surface area contributed by atoms with E-state index in [-0.39, 0.29) is 19.5 Å². The summed E-state index contributed by atoms with van der Waals surface area (Å²) in [5.41, 5.74) is 28.5. The molecule has 0 unspecified atom stereocenters. The summed E-state index contributed by atoms with van der Waals surface area (Å²) < 4.78 is 36.1. The quantitative estimate of drug-likeness (QED) is 0.0604. The number of benzene rings is 6. The first-order chi connectivity index (χ1) is 43.1. The first-order valence-corrected chi connectivity index (χ1v) is 30.7. The molecule has 3 aromatic heterocycles. The number of aromatic nitrogens is 4. The van der Waals surface area contributed by atoms with E-state index in [4.69, 9.17) is 48.4 Å². The molecule has 9 aromatic rings. The van der Waals surface area contributed by atoms with Crippen molar-refractivity contribution in [2.45, 2.75) is 94.9 Å². The summed E-state index contributed by atoms with van der Waals surface area (Å²) in [6.45, 7) is 21.8. The van der Waals surface area contributed by atoms with Gasteiger partial charge in [0, 0.05) is 17.1 Å². The van der Waals surface area contributed by atoms with E-state index in [9.17, 15) is 0 Å². The number of ether oxygens (including phenoxy) is 6. The number of methoxy groups -OCH3 is 6. The summed E-state index contributed by atoms with van der Waals surface area (Å²) in [6, 6.07) is 45.2. The van der Waals surface area contributed by atoms with Gasteiger partial charge in [-0.2, -0.15) is 0 Å². The zero-order valence-electron chi connectivity index (χ0n) is 55.0. The normalized spacial score (nSPS) is 12.2. The molecule has 0 saturated carbocycles. The van der Waals surface area contributed by atoms with Gasteiger partial charge in [-0.3, -0.25) is 0 Å². The standard InChI is InChI=1S/C78H79N5O6.Zn/c1-17-58-46(7)71-69(53-39-64(84-11)77(88-15)65(40-53)85-12)73-48(9)60(19-3)75(81-73)68(52-31-27-50(28-32-52)25-26-51-29-37-57(38-30-51)83(55-33-21-44(5)22-34-55)56-35-23-45(6)24-36-56)76-61(20-4)49(10)74(82-76)70(54-41-66(86-13)78(89-16)67(42-54)87-14)72-47(8)59(18-2)63(80-72)43-62(58)79-71;/h21-43H,17-20H2,1-16H3;/q-2;+2/b26-25+,62-43?,63-43?,71-69?,72-70?,73-69?,74-70?,75-68?,76-68?;. The van der Waals surface area contributed by atoms with Gasteiger partial charge in [0.25, 0.3) is 0 Å². The maximum Gasteiger partial charge on any atom is 2.00 e. The summed E-state index contributed by atoms with van der Waals surface area (Å²) in [6.07, 6.45) is 7.21. The largest absolute Gasteiger partial charge is 2.00 e. The average Bonchev–Trinajstić information content (AvgIpc) is 1.58. The van der Waals surface area contributed by atoms with E-state index in [2.05, 4.69) is 189 Å². The topological polar surface area (TPSA) is 113 Å². The van der Waals surface area contributed by atoms with E-state index in [1.54, 1.807) is 42.7 Å². The fraction of sp³-hybridized carbons (Fsp3) is 0.256. The van der Waals surface area contributed by atoms with Gasteiger partial charge >= 0.3 is 19.5 Å². The third-order valence-electron chi connectivity index (χ3n) is 17.8. The van der Waals surface area contributed by atoms with Crippen LogP contribution in [0, 0.1) is 27.7 Å². The van der Waals surface area contributed by atoms with Crippen LogP contribution in [-0.4, -0.2) is 52.6 Å². The average molecular weight is 1250 g/mol. The van der Waals surface area contributed by atoms with Gasteiger partial charge in [-0.05, 0) is 195 Å². The van der Waals surface area contributed by atoms with Crippen LogP contribution in [0.5, 0.6) is 34.5 Å². The number of aryl methyl sites for hydroxylation is 6. The second-order valence-corrected chi connectivity index (χ2v) is 22.8. The van der Waals surface area contributed by atoms with Crippen LogP contribution in [-0.2, 0) is 32.3 Å². The van der Waals surface area contributed by atoms with Gasteiger partial charge in [0.15, 0.2) is 23.0 Å². The zero-order chi connectivity index (χ0) is 62.9. The van der Waals surface area contributed by atoms with Crippen LogP contribution in [0.1, 0.15) is 122 Å². The van der Waals surface area contributed by atoms with E-state index in [0.29, 0.717) is 47.3 Å². The molecule has 0 amide bonds. The molecule has 11 nitrogen and oxygen atoms in total. The molecule has 5 heterocycles. The summed E-state index contributed by atoms with van der Waals surface area (Å²) in [5.74, 6) is 3.12. The number of rotatable bonds is 18. The number of hydrogen-bond donors (Lipinski definition) is 0. The molecular weight excluding hydrogens is 1170 g/mol. The van der Waals surface area contributed by atoms with Gasteiger partial charge < -0.3 is 43.3 Å². The van der Waals surface area contributed by atoms with Crippen molar-refractivity contribution in [3.63, 3.8) is 0 Å². The van der Waals surface area contributed by atoms with E-state index < -0.39 is 0 Å². The van der Waals surface area contributed by atoms with Crippen molar-refractivity contribution in [1.82, 2.24) is 19.9 Å². The van der Waals surface area contributed by atoms with E-state index in [0.717, 1.165) is 164 Å². The number of nitrogens with zero attached hydrogens (tertiary/aromatic N) is 5. The van der Waals surface area contributed by atoms with E-state index >= 15 is 0 Å². The Morgan fingerprint density at radius 2 is 0.800 bits per heavy atom. The summed E-state index contributed by atoms with van der Waals surface area (Å²) in [4.78, 5) is 25.6. The monoisotopic (exact) mass is 1250 g/mol. The van der Waals surface area contributed by atoms with Crippen LogP contribution in [0.2, 0.25) is 0 Å². The Morgan fingerprint density at radius 1 is 0.400 bits per heavy atom. The molecule has 454 valence electrons. The minimum absolute atomic E-state index is 0. The van der Waals surface area contributed by atoms with Crippen molar-refractivity contribution in [2.24, 2.45) is 0 Å². The third kappa shape index (κ3) is 11.5. The fourth-order valence-electron chi connectivity index (χ4n) is 13.0. The molecule has 0 radical (unpaired) electrons. The molecule has 0 N–H and O–H groups in total. The molecule has 0 fully saturated rings. The molecule has 0 saturated heterocycles. The third-order valence-corrected chi connectivity index (χ3v) is 17.8. The predicted molar refractivity (Wildman–Crippen MR) is 368 cm³/mol. The van der Waals surface area contributed by atoms with Crippen LogP contribution in [0.4, 0.5) is 17.1 Å². The SMILES string of the molecule is CCC1=C(C)c2nc1cc1[n-]c(c(C)c1CC)c(-c1cc(OC)c(OC)c(OC)c1)c1nc(c(-c3ccc(/C=C/c4ccc(N(c5ccc(C)cc5)c5ccc(C)cc5)cc4)cc3)c3[n-]c(c(C)c3CC)c2-c2cc(OC)c(OC)c(OC)c2)C(CC)=C1C.[Zn+2]. The summed E-state index contributed by atoms with van der Waals surface area (Å²) in [7, 11) is 9.86. The Labute approximate surface area is 543 Å². The number of allylic oxidation sites excluding steroid dienone is 4. The van der Waals surface area contributed by atoms with Gasteiger partial charge in [-0.1, -0.05) is 140 Å². The minimum Gasteiger partial charge on any atom is -0.657 e. The van der Waals surface area contributed by atoms with Gasteiger partial charge in [-0.25, -0.2) is 9.97 Å². The van der Waals surface area contributed by atoms with Crippen LogP contribution < -0.4 is 43.3 Å². The number of hydrogen-bond acceptors (Lipinski definition) is 9. The van der Waals surface area contributed by atoms with Crippen molar-refractivity contribution in [2.75, 3.05) is 47.6 Å². The molecule has 0 spiro atoms. The molecule has 0 atom stereocenters. The van der Waals surface area contributed by atoms with E-state index in [1.165, 1.54) is 11.1 Å². The van der Waals surface area contributed by atoms with Crippen LogP contribution >= 0.6 is 0 Å². The maximum atomic E-state index is 6.07. The van der Waals surface area contributed by atoms with Crippen molar-refractivity contribution in [3.05, 3.63) is 195 Å². The minimum atomic E-state index is 0. The van der Waals surface area contributed by atoms with Crippen LogP contribution in [0.15, 0.2) is 127 Å².